The van der Waals surface area contributed by atoms with E-state index in [9.17, 15) is 5.11 Å². The van der Waals surface area contributed by atoms with E-state index in [0.717, 1.165) is 15.8 Å². The number of halogens is 1. The van der Waals surface area contributed by atoms with Gasteiger partial charge in [0.05, 0.1) is 18.8 Å². The van der Waals surface area contributed by atoms with Gasteiger partial charge in [-0.3, -0.25) is 0 Å². The molecule has 2 rings (SSSR count). The largest absolute Gasteiger partial charge is 0.496 e. The molecule has 106 valence electrons. The minimum atomic E-state index is -0.670. The third kappa shape index (κ3) is 3.14. The molecule has 0 bridgehead atoms. The summed E-state index contributed by atoms with van der Waals surface area (Å²) in [6.07, 6.45) is -0.670. The first-order valence-electron chi connectivity index (χ1n) is 6.32. The Bertz CT molecular complexity index is 609. The van der Waals surface area contributed by atoms with Gasteiger partial charge >= 0.3 is 0 Å². The van der Waals surface area contributed by atoms with E-state index in [-0.39, 0.29) is 0 Å². The molecule has 0 aromatic heterocycles. The van der Waals surface area contributed by atoms with Gasteiger partial charge in [-0.2, -0.15) is 0 Å². The van der Waals surface area contributed by atoms with E-state index in [0.29, 0.717) is 17.1 Å². The first kappa shape index (κ1) is 14.9. The van der Waals surface area contributed by atoms with Crippen molar-refractivity contribution in [1.82, 2.24) is 0 Å². The van der Waals surface area contributed by atoms with Gasteiger partial charge in [-0.1, -0.05) is 22.0 Å². The highest BCUT2D eigenvalue weighted by Crippen LogP contribution is 2.37. The number of hydrogen-bond acceptors (Lipinski definition) is 3. The van der Waals surface area contributed by atoms with E-state index in [4.69, 9.17) is 9.47 Å². The second-order valence-corrected chi connectivity index (χ2v) is 5.48. The summed E-state index contributed by atoms with van der Waals surface area (Å²) in [6, 6.07) is 11.3. The smallest absolute Gasteiger partial charge is 0.136 e. The zero-order valence-corrected chi connectivity index (χ0v) is 13.3. The van der Waals surface area contributed by atoms with Crippen molar-refractivity contribution in [3.05, 3.63) is 52.0 Å². The van der Waals surface area contributed by atoms with E-state index >= 15 is 0 Å². The lowest BCUT2D eigenvalue weighted by Crippen LogP contribution is -2.00. The Kier molecular flexibility index (Phi) is 4.68. The molecule has 0 aliphatic rings. The maximum atomic E-state index is 9.94. The topological polar surface area (TPSA) is 38.7 Å². The third-order valence-corrected chi connectivity index (χ3v) is 3.51. The van der Waals surface area contributed by atoms with Crippen molar-refractivity contribution in [2.24, 2.45) is 0 Å². The molecule has 4 heteroatoms. The molecule has 0 aliphatic heterocycles. The van der Waals surface area contributed by atoms with Crippen LogP contribution < -0.4 is 9.47 Å². The molecule has 0 amide bonds. The number of rotatable bonds is 4. The molecule has 0 spiro atoms. The Morgan fingerprint density at radius 3 is 2.40 bits per heavy atom. The molecule has 1 atom stereocenters. The van der Waals surface area contributed by atoms with Crippen LogP contribution in [0, 0.1) is 6.92 Å². The maximum Gasteiger partial charge on any atom is 0.136 e. The maximum absolute atomic E-state index is 9.94. The summed E-state index contributed by atoms with van der Waals surface area (Å²) in [6.45, 7) is 3.67. The number of hydrogen-bond donors (Lipinski definition) is 1. The third-order valence-electron chi connectivity index (χ3n) is 3.02. The van der Waals surface area contributed by atoms with Crippen LogP contribution in [0.4, 0.5) is 0 Å². The molecular weight excluding hydrogens is 320 g/mol. The lowest BCUT2D eigenvalue weighted by molar-refractivity contribution is 0.190. The van der Waals surface area contributed by atoms with Crippen LogP contribution in [-0.2, 0) is 0 Å². The van der Waals surface area contributed by atoms with Crippen molar-refractivity contribution < 1.29 is 14.6 Å². The molecule has 0 saturated carbocycles. The Hall–Kier alpha value is -1.52. The first-order valence-corrected chi connectivity index (χ1v) is 7.11. The molecule has 0 heterocycles. The average Bonchev–Trinajstić information content (AvgIpc) is 2.41. The number of methoxy groups -OCH3 is 1. The quantitative estimate of drug-likeness (QED) is 0.885. The van der Waals surface area contributed by atoms with E-state index in [2.05, 4.69) is 15.9 Å². The average molecular weight is 337 g/mol. The first-order chi connectivity index (χ1) is 9.52. The van der Waals surface area contributed by atoms with E-state index in [1.165, 1.54) is 0 Å². The van der Waals surface area contributed by atoms with Crippen LogP contribution in [-0.4, -0.2) is 12.2 Å². The van der Waals surface area contributed by atoms with Gasteiger partial charge in [-0.25, -0.2) is 0 Å². The van der Waals surface area contributed by atoms with E-state index in [1.54, 1.807) is 14.0 Å². The fourth-order valence-electron chi connectivity index (χ4n) is 2.05. The van der Waals surface area contributed by atoms with Crippen LogP contribution in [0.25, 0.3) is 0 Å². The standard InChI is InChI=1S/C16H17BrO3/c1-10-9-12(17)7-8-13(10)20-15-6-4-5-14(19-3)16(15)11(2)18/h4-9,11,18H,1-3H3. The van der Waals surface area contributed by atoms with Crippen LogP contribution in [0.1, 0.15) is 24.2 Å². The molecule has 1 unspecified atom stereocenters. The van der Waals surface area contributed by atoms with Gasteiger partial charge in [-0.15, -0.1) is 0 Å². The Balaban J connectivity index is 2.43. The van der Waals surface area contributed by atoms with Crippen LogP contribution in [0.5, 0.6) is 17.2 Å². The van der Waals surface area contributed by atoms with Crippen LogP contribution in [0.3, 0.4) is 0 Å². The lowest BCUT2D eigenvalue weighted by Gasteiger charge is -2.17. The zero-order chi connectivity index (χ0) is 14.7. The van der Waals surface area contributed by atoms with Crippen molar-refractivity contribution in [1.29, 1.82) is 0 Å². The van der Waals surface area contributed by atoms with Gasteiger partial charge in [0.25, 0.3) is 0 Å². The van der Waals surface area contributed by atoms with Gasteiger partial charge in [0.2, 0.25) is 0 Å². The SMILES string of the molecule is COc1cccc(Oc2ccc(Br)cc2C)c1C(C)O. The summed E-state index contributed by atoms with van der Waals surface area (Å²) >= 11 is 3.43. The van der Waals surface area contributed by atoms with Gasteiger partial charge in [-0.05, 0) is 49.7 Å². The summed E-state index contributed by atoms with van der Waals surface area (Å²) < 4.78 is 12.2. The molecule has 20 heavy (non-hydrogen) atoms. The van der Waals surface area contributed by atoms with Gasteiger partial charge in [0.15, 0.2) is 0 Å². The highest BCUT2D eigenvalue weighted by atomic mass is 79.9. The molecular formula is C16H17BrO3. The molecule has 0 fully saturated rings. The van der Waals surface area contributed by atoms with Gasteiger partial charge < -0.3 is 14.6 Å². The predicted octanol–water partition coefficient (Wildman–Crippen LogP) is 4.61. The zero-order valence-electron chi connectivity index (χ0n) is 11.7. The Morgan fingerprint density at radius 2 is 1.80 bits per heavy atom. The second kappa shape index (κ2) is 6.29. The van der Waals surface area contributed by atoms with Crippen molar-refractivity contribution in [3.8, 4) is 17.2 Å². The van der Waals surface area contributed by atoms with E-state index in [1.807, 2.05) is 43.3 Å². The van der Waals surface area contributed by atoms with Crippen LogP contribution in [0.15, 0.2) is 40.9 Å². The fourth-order valence-corrected chi connectivity index (χ4v) is 2.52. The summed E-state index contributed by atoms with van der Waals surface area (Å²) in [7, 11) is 1.58. The minimum absolute atomic E-state index is 0.602. The molecule has 2 aromatic carbocycles. The minimum Gasteiger partial charge on any atom is -0.496 e. The van der Waals surface area contributed by atoms with Crippen molar-refractivity contribution >= 4 is 15.9 Å². The predicted molar refractivity (Wildman–Crippen MR) is 82.6 cm³/mol. The summed E-state index contributed by atoms with van der Waals surface area (Å²) in [5.41, 5.74) is 1.66. The van der Waals surface area contributed by atoms with Crippen molar-refractivity contribution in [2.45, 2.75) is 20.0 Å². The van der Waals surface area contributed by atoms with Crippen molar-refractivity contribution in [2.75, 3.05) is 7.11 Å². The molecule has 2 aromatic rings. The summed E-state index contributed by atoms with van der Waals surface area (Å²) in [5, 5.41) is 9.94. The Morgan fingerprint density at radius 1 is 1.10 bits per heavy atom. The van der Waals surface area contributed by atoms with Crippen molar-refractivity contribution in [3.63, 3.8) is 0 Å². The van der Waals surface area contributed by atoms with Gasteiger partial charge in [0, 0.05) is 4.47 Å². The van der Waals surface area contributed by atoms with E-state index < -0.39 is 6.10 Å². The van der Waals surface area contributed by atoms with Crippen LogP contribution in [0.2, 0.25) is 0 Å². The monoisotopic (exact) mass is 336 g/mol. The lowest BCUT2D eigenvalue weighted by atomic mass is 10.1. The van der Waals surface area contributed by atoms with Gasteiger partial charge in [0.1, 0.15) is 17.2 Å². The molecule has 1 N–H and O–H groups in total. The second-order valence-electron chi connectivity index (χ2n) is 4.56. The normalized spacial score (nSPS) is 12.1. The molecule has 0 aliphatic carbocycles. The number of aliphatic hydroxyl groups excluding tert-OH is 1. The Labute approximate surface area is 127 Å². The number of ether oxygens (including phenoxy) is 2. The number of benzene rings is 2. The molecule has 0 saturated heterocycles. The summed E-state index contributed by atoms with van der Waals surface area (Å²) in [5.74, 6) is 1.97. The highest BCUT2D eigenvalue weighted by Gasteiger charge is 2.16. The highest BCUT2D eigenvalue weighted by molar-refractivity contribution is 9.10. The summed E-state index contributed by atoms with van der Waals surface area (Å²) in [4.78, 5) is 0. The molecule has 0 radical (unpaired) electrons. The fraction of sp³-hybridized carbons (Fsp3) is 0.250. The number of aryl methyl sites for hydroxylation is 1. The molecule has 3 nitrogen and oxygen atoms in total. The number of aliphatic hydroxyl groups is 1. The van der Waals surface area contributed by atoms with Crippen LogP contribution >= 0.6 is 15.9 Å².